The van der Waals surface area contributed by atoms with Gasteiger partial charge in [-0.1, -0.05) is 58.4 Å². The predicted molar refractivity (Wildman–Crippen MR) is 161 cm³/mol. The molecule has 9 heteroatoms. The second-order valence-electron chi connectivity index (χ2n) is 16.5. The number of aliphatic carboxylic acids is 2. The lowest BCUT2D eigenvalue weighted by Crippen LogP contribution is -2.66. The van der Waals surface area contributed by atoms with Crippen molar-refractivity contribution in [1.29, 1.82) is 0 Å². The van der Waals surface area contributed by atoms with Gasteiger partial charge in [0.2, 0.25) is 0 Å². The van der Waals surface area contributed by atoms with Crippen LogP contribution in [0.15, 0.2) is 23.8 Å². The van der Waals surface area contributed by atoms with Crippen LogP contribution < -0.4 is 0 Å². The number of fused-ring (bicyclic) bond motifs is 7. The number of allylic oxidation sites excluding steroid dienone is 3. The minimum absolute atomic E-state index is 0.00713. The van der Waals surface area contributed by atoms with E-state index in [9.17, 15) is 35.1 Å². The Hall–Kier alpha value is -1.78. The van der Waals surface area contributed by atoms with Crippen molar-refractivity contribution in [3.8, 4) is 0 Å². The largest absolute Gasteiger partial charge is 0.481 e. The Morgan fingerprint density at radius 2 is 1.61 bits per heavy atom. The van der Waals surface area contributed by atoms with Crippen molar-refractivity contribution in [2.45, 2.75) is 136 Å². The molecular formula is C35H52O9. The Morgan fingerprint density at radius 3 is 2.27 bits per heavy atom. The minimum atomic E-state index is -1.75. The first kappa shape index (κ1) is 32.2. The summed E-state index contributed by atoms with van der Waals surface area (Å²) in [6, 6.07) is 0. The second kappa shape index (κ2) is 10.4. The Kier molecular flexibility index (Phi) is 7.58. The van der Waals surface area contributed by atoms with Crippen molar-refractivity contribution in [2.75, 3.05) is 0 Å². The summed E-state index contributed by atoms with van der Waals surface area (Å²) in [5.41, 5.74) is 1.41. The van der Waals surface area contributed by atoms with E-state index in [-0.39, 0.29) is 39.6 Å². The summed E-state index contributed by atoms with van der Waals surface area (Å²) in [4.78, 5) is 24.5. The molecule has 4 saturated carbocycles. The Morgan fingerprint density at radius 1 is 0.909 bits per heavy atom. The number of carboxylic acids is 2. The van der Waals surface area contributed by atoms with Gasteiger partial charge >= 0.3 is 11.9 Å². The molecule has 0 aromatic heterocycles. The van der Waals surface area contributed by atoms with Gasteiger partial charge < -0.3 is 35.0 Å². The van der Waals surface area contributed by atoms with Crippen molar-refractivity contribution < 1.29 is 44.6 Å². The topological polar surface area (TPSA) is 154 Å². The summed E-state index contributed by atoms with van der Waals surface area (Å²) in [7, 11) is 0. The Labute approximate surface area is 260 Å². The van der Waals surface area contributed by atoms with Crippen molar-refractivity contribution in [2.24, 2.45) is 44.8 Å². The van der Waals surface area contributed by atoms with Gasteiger partial charge in [-0.25, -0.2) is 4.79 Å². The number of hydrogen-bond acceptors (Lipinski definition) is 7. The first-order valence-electron chi connectivity index (χ1n) is 16.6. The van der Waals surface area contributed by atoms with E-state index in [4.69, 9.17) is 9.47 Å². The Bertz CT molecular complexity index is 1260. The average molecular weight is 617 g/mol. The minimum Gasteiger partial charge on any atom is -0.481 e. The van der Waals surface area contributed by atoms with E-state index in [1.54, 1.807) is 0 Å². The maximum atomic E-state index is 12.8. The predicted octanol–water partition coefficient (Wildman–Crippen LogP) is 4.68. The maximum absolute atomic E-state index is 12.8. The van der Waals surface area contributed by atoms with Gasteiger partial charge in [-0.3, -0.25) is 4.79 Å². The van der Waals surface area contributed by atoms with Gasteiger partial charge in [-0.05, 0) is 97.7 Å². The van der Waals surface area contributed by atoms with E-state index in [1.807, 2.05) is 0 Å². The summed E-state index contributed by atoms with van der Waals surface area (Å²) in [6.45, 7) is 16.0. The third-order valence-corrected chi connectivity index (χ3v) is 14.5. The summed E-state index contributed by atoms with van der Waals surface area (Å²) < 4.78 is 11.9. The van der Waals surface area contributed by atoms with Gasteiger partial charge in [0.15, 0.2) is 12.4 Å². The monoisotopic (exact) mass is 616 g/mol. The second-order valence-corrected chi connectivity index (χ2v) is 16.5. The molecule has 6 aliphatic rings. The van der Waals surface area contributed by atoms with E-state index >= 15 is 0 Å². The summed E-state index contributed by atoms with van der Waals surface area (Å²) in [5, 5.41) is 51.2. The van der Waals surface area contributed by atoms with Crippen LogP contribution in [-0.4, -0.2) is 74.3 Å². The van der Waals surface area contributed by atoms with Crippen LogP contribution in [0.3, 0.4) is 0 Å². The molecule has 1 heterocycles. The molecule has 0 aromatic carbocycles. The first-order valence-corrected chi connectivity index (χ1v) is 16.6. The van der Waals surface area contributed by atoms with Gasteiger partial charge in [0.05, 0.1) is 11.5 Å². The summed E-state index contributed by atoms with van der Waals surface area (Å²) in [5.74, 6) is -1.37. The van der Waals surface area contributed by atoms with Crippen LogP contribution in [0.2, 0.25) is 0 Å². The third kappa shape index (κ3) is 4.21. The fourth-order valence-corrected chi connectivity index (χ4v) is 11.7. The highest BCUT2D eigenvalue weighted by Gasteiger charge is 2.69. The Balaban J connectivity index is 1.28. The van der Waals surface area contributed by atoms with Crippen LogP contribution in [0.5, 0.6) is 0 Å². The first-order chi connectivity index (χ1) is 20.4. The average Bonchev–Trinajstić information content (AvgIpc) is 2.94. The standard InChI is InChI=1S/C35H52O9/c1-18-9-14-35(30(41)42)16-15-33(5)19(20(35)17-18)7-8-22-32(4)12-11-23(31(2,3)21(32)10-13-34(22,33)6)43-29-26(38)24(36)25(37)27(44-29)28(39)40/h7,20-27,29,36-38H,1,8-17H2,2-6H3,(H,39,40)(H,41,42)/t20-,21-,22+,23-,24-,25-,26+,27-,29+,32-,33+,34+,35-/m0/s1. The smallest absolute Gasteiger partial charge is 0.335 e. The number of carbonyl (C=O) groups is 2. The molecule has 5 N–H and O–H groups in total. The molecule has 5 fully saturated rings. The van der Waals surface area contributed by atoms with Crippen LogP contribution in [0, 0.1) is 44.8 Å². The van der Waals surface area contributed by atoms with Gasteiger partial charge in [-0.2, -0.15) is 0 Å². The van der Waals surface area contributed by atoms with Crippen molar-refractivity contribution in [3.63, 3.8) is 0 Å². The van der Waals surface area contributed by atoms with E-state index < -0.39 is 48.1 Å². The SMILES string of the molecule is C=C1CC[C@]2(C(=O)O)CC[C@]3(C)C(=CC[C@@H]4[C@@]5(C)CC[C@H](O[C@@H]6O[C@H](C(=O)O)[C@@H](O)[C@H](O)[C@H]6O)C(C)(C)[C@@H]5CC[C@]43C)[C@@H]2C1. The normalized spacial score (nSPS) is 51.6. The zero-order valence-corrected chi connectivity index (χ0v) is 26.9. The molecule has 5 aliphatic carbocycles. The molecule has 0 amide bonds. The highest BCUT2D eigenvalue weighted by molar-refractivity contribution is 5.77. The van der Waals surface area contributed by atoms with Gasteiger partial charge in [-0.15, -0.1) is 0 Å². The van der Waals surface area contributed by atoms with Crippen LogP contribution >= 0.6 is 0 Å². The van der Waals surface area contributed by atoms with Gasteiger partial charge in [0.25, 0.3) is 0 Å². The molecule has 0 aromatic rings. The fourth-order valence-electron chi connectivity index (χ4n) is 11.7. The molecular weight excluding hydrogens is 564 g/mol. The van der Waals surface area contributed by atoms with Crippen LogP contribution in [-0.2, 0) is 19.1 Å². The molecule has 44 heavy (non-hydrogen) atoms. The zero-order chi connectivity index (χ0) is 32.2. The van der Waals surface area contributed by atoms with Crippen molar-refractivity contribution >= 4 is 11.9 Å². The number of ether oxygens (including phenoxy) is 2. The van der Waals surface area contributed by atoms with E-state index in [0.29, 0.717) is 25.2 Å². The quantitative estimate of drug-likeness (QED) is 0.224. The van der Waals surface area contributed by atoms with E-state index in [2.05, 4.69) is 47.3 Å². The van der Waals surface area contributed by atoms with E-state index in [1.165, 1.54) is 11.1 Å². The molecule has 246 valence electrons. The van der Waals surface area contributed by atoms with Gasteiger partial charge in [0, 0.05) is 5.92 Å². The summed E-state index contributed by atoms with van der Waals surface area (Å²) >= 11 is 0. The number of aliphatic hydroxyl groups excluding tert-OH is 3. The highest BCUT2D eigenvalue weighted by atomic mass is 16.7. The lowest BCUT2D eigenvalue weighted by Gasteiger charge is -2.71. The number of hydrogen-bond donors (Lipinski definition) is 5. The van der Waals surface area contributed by atoms with Crippen molar-refractivity contribution in [1.82, 2.24) is 0 Å². The zero-order valence-electron chi connectivity index (χ0n) is 26.9. The molecule has 9 nitrogen and oxygen atoms in total. The molecule has 6 rings (SSSR count). The number of aliphatic hydroxyl groups is 3. The molecule has 0 unspecified atom stereocenters. The lowest BCUT2D eigenvalue weighted by molar-refractivity contribution is -0.324. The van der Waals surface area contributed by atoms with E-state index in [0.717, 1.165) is 44.9 Å². The molecule has 0 spiro atoms. The molecule has 1 saturated heterocycles. The van der Waals surface area contributed by atoms with Crippen LogP contribution in [0.4, 0.5) is 0 Å². The van der Waals surface area contributed by atoms with Gasteiger partial charge in [0.1, 0.15) is 18.3 Å². The van der Waals surface area contributed by atoms with Crippen LogP contribution in [0.1, 0.15) is 98.8 Å². The maximum Gasteiger partial charge on any atom is 0.335 e. The lowest BCUT2D eigenvalue weighted by atomic mass is 9.34. The number of rotatable bonds is 4. The van der Waals surface area contributed by atoms with Crippen molar-refractivity contribution in [3.05, 3.63) is 23.8 Å². The van der Waals surface area contributed by atoms with Crippen LogP contribution in [0.25, 0.3) is 0 Å². The number of carboxylic acid groups (broad SMARTS) is 2. The highest BCUT2D eigenvalue weighted by Crippen LogP contribution is 2.75. The molecule has 13 atom stereocenters. The third-order valence-electron chi connectivity index (χ3n) is 14.5. The summed E-state index contributed by atoms with van der Waals surface area (Å²) in [6.07, 6.45) is 2.35. The fraction of sp³-hybridized carbons (Fsp3) is 0.829. The molecule has 0 radical (unpaired) electrons. The molecule has 0 bridgehead atoms. The molecule has 1 aliphatic heterocycles.